The van der Waals surface area contributed by atoms with Gasteiger partial charge in [-0.1, -0.05) is 44.0 Å². The van der Waals surface area contributed by atoms with E-state index in [0.29, 0.717) is 19.5 Å². The fourth-order valence-corrected chi connectivity index (χ4v) is 3.62. The minimum Gasteiger partial charge on any atom is -0.353 e. The first-order chi connectivity index (χ1) is 12.6. The summed E-state index contributed by atoms with van der Waals surface area (Å²) in [7, 11) is 0. The van der Waals surface area contributed by atoms with E-state index in [9.17, 15) is 9.59 Å². The Morgan fingerprint density at radius 3 is 2.54 bits per heavy atom. The molecule has 0 aliphatic carbocycles. The maximum atomic E-state index is 12.8. The monoisotopic (exact) mass is 353 g/mol. The van der Waals surface area contributed by atoms with Crippen LogP contribution in [0.15, 0.2) is 36.5 Å². The molecule has 138 valence electrons. The molecule has 2 heterocycles. The quantitative estimate of drug-likeness (QED) is 0.748. The number of piperazine rings is 1. The number of nitrogens with zero attached hydrogens (tertiary/aromatic N) is 3. The zero-order valence-electron chi connectivity index (χ0n) is 15.6. The van der Waals surface area contributed by atoms with Gasteiger partial charge in [-0.15, -0.1) is 0 Å². The Hall–Kier alpha value is -2.43. The zero-order valence-corrected chi connectivity index (χ0v) is 15.6. The summed E-state index contributed by atoms with van der Waals surface area (Å²) in [5, 5.41) is 2.31. The van der Waals surface area contributed by atoms with Crippen LogP contribution in [0.1, 0.15) is 33.1 Å². The summed E-state index contributed by atoms with van der Waals surface area (Å²) in [6.07, 6.45) is 4.41. The molecule has 1 unspecified atom stereocenters. The molecule has 0 saturated carbocycles. The van der Waals surface area contributed by atoms with Gasteiger partial charge in [-0.3, -0.25) is 9.59 Å². The van der Waals surface area contributed by atoms with Crippen LogP contribution in [-0.4, -0.2) is 47.8 Å². The van der Waals surface area contributed by atoms with Gasteiger partial charge in [0, 0.05) is 37.8 Å². The Morgan fingerprint density at radius 2 is 1.85 bits per heavy atom. The number of anilines is 1. The molecule has 1 aromatic heterocycles. The van der Waals surface area contributed by atoms with Crippen molar-refractivity contribution >= 4 is 28.3 Å². The molecule has 1 saturated heterocycles. The van der Waals surface area contributed by atoms with E-state index >= 15 is 0 Å². The van der Waals surface area contributed by atoms with Gasteiger partial charge < -0.3 is 9.80 Å². The Kier molecular flexibility index (Phi) is 5.86. The van der Waals surface area contributed by atoms with Crippen LogP contribution < -0.4 is 4.90 Å². The number of Topliss-reactive ketones (excluding diaryl/α,β-unsaturated/α-hetero) is 1. The fourth-order valence-electron chi connectivity index (χ4n) is 3.62. The summed E-state index contributed by atoms with van der Waals surface area (Å²) < 4.78 is 0. The van der Waals surface area contributed by atoms with Gasteiger partial charge in [0.2, 0.25) is 5.91 Å². The average molecular weight is 353 g/mol. The van der Waals surface area contributed by atoms with Crippen molar-refractivity contribution in [3.8, 4) is 0 Å². The molecule has 26 heavy (non-hydrogen) atoms. The molecule has 2 aromatic rings. The highest BCUT2D eigenvalue weighted by atomic mass is 16.2. The largest absolute Gasteiger partial charge is 0.353 e. The van der Waals surface area contributed by atoms with E-state index in [2.05, 4.69) is 28.9 Å². The molecule has 1 aliphatic rings. The number of benzene rings is 1. The van der Waals surface area contributed by atoms with Gasteiger partial charge in [-0.2, -0.15) is 0 Å². The van der Waals surface area contributed by atoms with E-state index in [1.807, 2.05) is 29.3 Å². The topological polar surface area (TPSA) is 53.5 Å². The summed E-state index contributed by atoms with van der Waals surface area (Å²) in [6.45, 7) is 6.38. The summed E-state index contributed by atoms with van der Waals surface area (Å²) in [4.78, 5) is 33.3. The highest BCUT2D eigenvalue weighted by Gasteiger charge is 2.30. The van der Waals surface area contributed by atoms with Gasteiger partial charge in [0.05, 0.1) is 5.92 Å². The van der Waals surface area contributed by atoms with Crippen molar-refractivity contribution in [1.29, 1.82) is 0 Å². The Bertz CT molecular complexity index is 776. The minimum absolute atomic E-state index is 0.00326. The van der Waals surface area contributed by atoms with Crippen LogP contribution in [0, 0.1) is 5.92 Å². The second-order valence-corrected chi connectivity index (χ2v) is 6.97. The SMILES string of the molecule is CCCCC(C(C)=O)C(=O)N1CCN(c2nccc3ccccc23)CC1. The number of pyridine rings is 1. The first kappa shape index (κ1) is 18.4. The molecule has 1 atom stereocenters. The molecule has 1 aliphatic heterocycles. The molecule has 5 heteroatoms. The average Bonchev–Trinajstić information content (AvgIpc) is 2.67. The van der Waals surface area contributed by atoms with Gasteiger partial charge in [0.15, 0.2) is 0 Å². The first-order valence-corrected chi connectivity index (χ1v) is 9.49. The van der Waals surface area contributed by atoms with Crippen molar-refractivity contribution in [3.05, 3.63) is 36.5 Å². The number of carbonyl (C=O) groups excluding carboxylic acids is 2. The van der Waals surface area contributed by atoms with E-state index in [1.54, 1.807) is 0 Å². The summed E-state index contributed by atoms with van der Waals surface area (Å²) in [6, 6.07) is 10.3. The number of amides is 1. The zero-order chi connectivity index (χ0) is 18.5. The van der Waals surface area contributed by atoms with Crippen LogP contribution >= 0.6 is 0 Å². The van der Waals surface area contributed by atoms with E-state index in [-0.39, 0.29) is 11.7 Å². The maximum absolute atomic E-state index is 12.8. The molecule has 0 radical (unpaired) electrons. The van der Waals surface area contributed by atoms with E-state index in [1.165, 1.54) is 12.3 Å². The third kappa shape index (κ3) is 3.87. The fraction of sp³-hybridized carbons (Fsp3) is 0.476. The third-order valence-corrected chi connectivity index (χ3v) is 5.18. The van der Waals surface area contributed by atoms with Crippen LogP contribution in [0.4, 0.5) is 5.82 Å². The first-order valence-electron chi connectivity index (χ1n) is 9.49. The number of unbranched alkanes of at least 4 members (excludes halogenated alkanes) is 1. The maximum Gasteiger partial charge on any atom is 0.233 e. The molecule has 3 rings (SSSR count). The lowest BCUT2D eigenvalue weighted by Crippen LogP contribution is -2.51. The van der Waals surface area contributed by atoms with E-state index in [4.69, 9.17) is 0 Å². The number of aromatic nitrogens is 1. The van der Waals surface area contributed by atoms with Crippen molar-refractivity contribution < 1.29 is 9.59 Å². The van der Waals surface area contributed by atoms with Crippen molar-refractivity contribution in [2.75, 3.05) is 31.1 Å². The highest BCUT2D eigenvalue weighted by Crippen LogP contribution is 2.25. The van der Waals surface area contributed by atoms with Crippen LogP contribution in [0.25, 0.3) is 10.8 Å². The molecule has 5 nitrogen and oxygen atoms in total. The lowest BCUT2D eigenvalue weighted by molar-refractivity contribution is -0.141. The number of fused-ring (bicyclic) bond motifs is 1. The predicted octanol–water partition coefficient (Wildman–Crippen LogP) is 3.28. The van der Waals surface area contributed by atoms with Gasteiger partial charge in [-0.25, -0.2) is 4.98 Å². The second kappa shape index (κ2) is 8.30. The summed E-state index contributed by atoms with van der Waals surface area (Å²) >= 11 is 0. The van der Waals surface area contributed by atoms with Crippen LogP contribution in [0.3, 0.4) is 0 Å². The Labute approximate surface area is 155 Å². The summed E-state index contributed by atoms with van der Waals surface area (Å²) in [5.41, 5.74) is 0. The van der Waals surface area contributed by atoms with E-state index in [0.717, 1.165) is 37.1 Å². The molecular weight excluding hydrogens is 326 g/mol. The van der Waals surface area contributed by atoms with Crippen molar-refractivity contribution in [2.24, 2.45) is 5.92 Å². The molecule has 1 fully saturated rings. The molecule has 1 amide bonds. The number of hydrogen-bond acceptors (Lipinski definition) is 4. The van der Waals surface area contributed by atoms with Gasteiger partial charge in [-0.05, 0) is 24.8 Å². The van der Waals surface area contributed by atoms with Crippen molar-refractivity contribution in [1.82, 2.24) is 9.88 Å². The molecule has 0 bridgehead atoms. The molecular formula is C21H27N3O2. The Balaban J connectivity index is 1.68. The van der Waals surface area contributed by atoms with Gasteiger partial charge in [0.1, 0.15) is 11.6 Å². The van der Waals surface area contributed by atoms with Crippen LogP contribution in [0.5, 0.6) is 0 Å². The van der Waals surface area contributed by atoms with Crippen LogP contribution in [-0.2, 0) is 9.59 Å². The number of hydrogen-bond donors (Lipinski definition) is 0. The normalized spacial score (nSPS) is 15.9. The summed E-state index contributed by atoms with van der Waals surface area (Å²) in [5.74, 6) is 0.486. The van der Waals surface area contributed by atoms with E-state index < -0.39 is 5.92 Å². The standard InChI is InChI=1S/C21H27N3O2/c1-3-4-8-18(16(2)25)21(26)24-14-12-23(13-15-24)20-19-9-6-5-7-17(19)10-11-22-20/h5-7,9-11,18H,3-4,8,12-15H2,1-2H3. The lowest BCUT2D eigenvalue weighted by atomic mass is 9.96. The van der Waals surface area contributed by atoms with Gasteiger partial charge in [0.25, 0.3) is 0 Å². The minimum atomic E-state index is -0.475. The molecule has 0 spiro atoms. The lowest BCUT2D eigenvalue weighted by Gasteiger charge is -2.37. The van der Waals surface area contributed by atoms with Crippen molar-refractivity contribution in [3.63, 3.8) is 0 Å². The Morgan fingerprint density at radius 1 is 1.12 bits per heavy atom. The highest BCUT2D eigenvalue weighted by molar-refractivity contribution is 6.00. The number of rotatable bonds is 6. The smallest absolute Gasteiger partial charge is 0.233 e. The van der Waals surface area contributed by atoms with Crippen LogP contribution in [0.2, 0.25) is 0 Å². The second-order valence-electron chi connectivity index (χ2n) is 6.97. The number of carbonyl (C=O) groups is 2. The van der Waals surface area contributed by atoms with Gasteiger partial charge >= 0.3 is 0 Å². The molecule has 1 aromatic carbocycles. The van der Waals surface area contributed by atoms with Crippen molar-refractivity contribution in [2.45, 2.75) is 33.1 Å². The predicted molar refractivity (Wildman–Crippen MR) is 104 cm³/mol. The number of ketones is 1. The third-order valence-electron chi connectivity index (χ3n) is 5.18. The molecule has 0 N–H and O–H groups in total.